The Labute approximate surface area is 380 Å². The van der Waals surface area contributed by atoms with Gasteiger partial charge in [-0.1, -0.05) is 251 Å². The van der Waals surface area contributed by atoms with Gasteiger partial charge in [0, 0.05) is 12.8 Å². The molecule has 3 N–H and O–H groups in total. The average Bonchev–Trinajstić information content (AvgIpc) is 3.26. The summed E-state index contributed by atoms with van der Waals surface area (Å²) in [5.74, 6) is -0.0921. The molecule has 0 aromatic rings. The fourth-order valence-electron chi connectivity index (χ4n) is 8.58. The van der Waals surface area contributed by atoms with Gasteiger partial charge in [-0.2, -0.15) is 0 Å². The van der Waals surface area contributed by atoms with E-state index < -0.39 is 12.1 Å². The number of hydrogen-bond acceptors (Lipinski definition) is 5. The number of aliphatic hydroxyl groups excluding tert-OH is 2. The van der Waals surface area contributed by atoms with Crippen molar-refractivity contribution in [3.63, 3.8) is 0 Å². The fraction of sp³-hybridized carbons (Fsp3) is 0.927. The summed E-state index contributed by atoms with van der Waals surface area (Å²) < 4.78 is 5.45. The second-order valence-corrected chi connectivity index (χ2v) is 18.9. The largest absolute Gasteiger partial charge is 0.466 e. The van der Waals surface area contributed by atoms with E-state index in [1.54, 1.807) is 0 Å². The topological polar surface area (TPSA) is 95.9 Å². The highest BCUT2D eigenvalue weighted by molar-refractivity contribution is 5.76. The predicted molar refractivity (Wildman–Crippen MR) is 264 cm³/mol. The van der Waals surface area contributed by atoms with Crippen molar-refractivity contribution in [1.82, 2.24) is 5.32 Å². The summed E-state index contributed by atoms with van der Waals surface area (Å²) in [6.07, 6.45) is 59.0. The third-order valence-corrected chi connectivity index (χ3v) is 12.8. The average molecular weight is 862 g/mol. The number of carbonyl (C=O) groups is 2. The summed E-state index contributed by atoms with van der Waals surface area (Å²) >= 11 is 0. The first-order valence-electron chi connectivity index (χ1n) is 27.4. The molecule has 0 bridgehead atoms. The van der Waals surface area contributed by atoms with Crippen molar-refractivity contribution in [2.75, 3.05) is 13.2 Å². The summed E-state index contributed by atoms with van der Waals surface area (Å²) in [6, 6.07) is -0.562. The molecule has 0 aromatic heterocycles. The zero-order chi connectivity index (χ0) is 44.4. The van der Waals surface area contributed by atoms with Crippen molar-refractivity contribution in [1.29, 1.82) is 0 Å². The summed E-state index contributed by atoms with van der Waals surface area (Å²) in [4.78, 5) is 24.5. The van der Waals surface area contributed by atoms with Gasteiger partial charge in [-0.05, 0) is 51.4 Å². The molecule has 2 unspecified atom stereocenters. The van der Waals surface area contributed by atoms with Crippen LogP contribution in [0.1, 0.15) is 303 Å². The molecule has 1 amide bonds. The van der Waals surface area contributed by atoms with E-state index in [1.165, 1.54) is 212 Å². The lowest BCUT2D eigenvalue weighted by atomic mass is 10.0. The van der Waals surface area contributed by atoms with Crippen LogP contribution in [0.4, 0.5) is 0 Å². The van der Waals surface area contributed by atoms with E-state index in [-0.39, 0.29) is 18.5 Å². The Morgan fingerprint density at radius 2 is 0.770 bits per heavy atom. The van der Waals surface area contributed by atoms with Gasteiger partial charge in [-0.15, -0.1) is 0 Å². The molecule has 0 heterocycles. The molecule has 0 aromatic carbocycles. The zero-order valence-electron chi connectivity index (χ0n) is 41.2. The lowest BCUT2D eigenvalue weighted by Crippen LogP contribution is -2.45. The summed E-state index contributed by atoms with van der Waals surface area (Å²) in [6.45, 7) is 4.90. The Morgan fingerprint density at radius 1 is 0.443 bits per heavy atom. The number of amides is 1. The third kappa shape index (κ3) is 47.9. The van der Waals surface area contributed by atoms with Crippen LogP contribution < -0.4 is 5.32 Å². The van der Waals surface area contributed by atoms with Crippen molar-refractivity contribution >= 4 is 11.9 Å². The van der Waals surface area contributed by atoms with Crippen LogP contribution in [0.2, 0.25) is 0 Å². The number of hydrogen-bond donors (Lipinski definition) is 3. The maximum absolute atomic E-state index is 12.5. The normalized spacial score (nSPS) is 12.7. The van der Waals surface area contributed by atoms with E-state index in [4.69, 9.17) is 4.74 Å². The number of esters is 1. The van der Waals surface area contributed by atoms with E-state index in [0.717, 1.165) is 57.8 Å². The third-order valence-electron chi connectivity index (χ3n) is 12.8. The number of unbranched alkanes of at least 4 members (excludes halogenated alkanes) is 38. The second-order valence-electron chi connectivity index (χ2n) is 18.9. The van der Waals surface area contributed by atoms with Gasteiger partial charge in [0.1, 0.15) is 0 Å². The molecular weight excluding hydrogens is 755 g/mol. The van der Waals surface area contributed by atoms with E-state index in [9.17, 15) is 19.8 Å². The maximum atomic E-state index is 12.5. The predicted octanol–water partition coefficient (Wildman–Crippen LogP) is 16.5. The first-order valence-corrected chi connectivity index (χ1v) is 27.4. The number of carbonyl (C=O) groups excluding carboxylic acids is 2. The molecule has 6 nitrogen and oxygen atoms in total. The lowest BCUT2D eigenvalue weighted by molar-refractivity contribution is -0.143. The van der Waals surface area contributed by atoms with Crippen molar-refractivity contribution in [3.05, 3.63) is 12.2 Å². The highest BCUT2D eigenvalue weighted by Gasteiger charge is 2.20. The van der Waals surface area contributed by atoms with Crippen molar-refractivity contribution in [2.45, 2.75) is 315 Å². The molecule has 2 atom stereocenters. The number of nitrogens with one attached hydrogen (secondary N) is 1. The molecule has 0 fully saturated rings. The smallest absolute Gasteiger partial charge is 0.305 e. The Morgan fingerprint density at radius 3 is 1.16 bits per heavy atom. The standard InChI is InChI=1S/C55H107NO5/c1-3-5-7-9-11-13-15-17-19-20-21-22-23-25-26-28-31-35-39-43-47-53(58)52(51-57)56-54(59)48-44-40-36-32-30-34-38-42-46-50-61-55(60)49-45-41-37-33-29-27-24-18-16-14-12-10-8-6-4-2/h18,24,52-53,57-58H,3-17,19-23,25-51H2,1-2H3,(H,56,59)/b24-18-. The highest BCUT2D eigenvalue weighted by Crippen LogP contribution is 2.17. The summed E-state index contributed by atoms with van der Waals surface area (Å²) in [5.41, 5.74) is 0. The van der Waals surface area contributed by atoms with E-state index in [2.05, 4.69) is 31.3 Å². The van der Waals surface area contributed by atoms with Gasteiger partial charge in [-0.25, -0.2) is 0 Å². The van der Waals surface area contributed by atoms with Crippen LogP contribution in [0, 0.1) is 0 Å². The van der Waals surface area contributed by atoms with Gasteiger partial charge in [0.15, 0.2) is 0 Å². The van der Waals surface area contributed by atoms with Crippen LogP contribution in [-0.4, -0.2) is 47.4 Å². The van der Waals surface area contributed by atoms with Crippen LogP contribution in [0.5, 0.6) is 0 Å². The molecule has 0 rings (SSSR count). The first-order chi connectivity index (χ1) is 30.0. The zero-order valence-corrected chi connectivity index (χ0v) is 41.2. The number of ether oxygens (including phenoxy) is 1. The monoisotopic (exact) mass is 862 g/mol. The Kier molecular flexibility index (Phi) is 50.1. The second kappa shape index (κ2) is 51.2. The van der Waals surface area contributed by atoms with Crippen LogP contribution in [0.25, 0.3) is 0 Å². The van der Waals surface area contributed by atoms with Gasteiger partial charge in [0.05, 0.1) is 25.4 Å². The molecule has 0 aliphatic heterocycles. The molecular formula is C55H107NO5. The van der Waals surface area contributed by atoms with E-state index in [1.807, 2.05) is 0 Å². The van der Waals surface area contributed by atoms with E-state index in [0.29, 0.717) is 25.9 Å². The molecule has 362 valence electrons. The summed E-state index contributed by atoms with van der Waals surface area (Å²) in [7, 11) is 0. The van der Waals surface area contributed by atoms with Crippen molar-refractivity contribution in [3.8, 4) is 0 Å². The maximum Gasteiger partial charge on any atom is 0.305 e. The molecule has 0 saturated carbocycles. The lowest BCUT2D eigenvalue weighted by Gasteiger charge is -2.22. The van der Waals surface area contributed by atoms with E-state index >= 15 is 0 Å². The van der Waals surface area contributed by atoms with Crippen molar-refractivity contribution in [2.24, 2.45) is 0 Å². The minimum Gasteiger partial charge on any atom is -0.466 e. The van der Waals surface area contributed by atoms with Crippen LogP contribution in [0.15, 0.2) is 12.2 Å². The number of rotatable bonds is 51. The van der Waals surface area contributed by atoms with Gasteiger partial charge < -0.3 is 20.3 Å². The molecule has 61 heavy (non-hydrogen) atoms. The Hall–Kier alpha value is -1.40. The van der Waals surface area contributed by atoms with Gasteiger partial charge >= 0.3 is 5.97 Å². The van der Waals surface area contributed by atoms with Gasteiger partial charge in [0.25, 0.3) is 0 Å². The molecule has 0 radical (unpaired) electrons. The molecule has 0 aliphatic carbocycles. The minimum absolute atomic E-state index is 0.0319. The number of allylic oxidation sites excluding steroid dienone is 2. The molecule has 0 aliphatic rings. The fourth-order valence-corrected chi connectivity index (χ4v) is 8.58. The van der Waals surface area contributed by atoms with Crippen LogP contribution in [0.3, 0.4) is 0 Å². The molecule has 0 saturated heterocycles. The van der Waals surface area contributed by atoms with Gasteiger partial charge in [-0.3, -0.25) is 9.59 Å². The quantitative estimate of drug-likeness (QED) is 0.0322. The van der Waals surface area contributed by atoms with Crippen LogP contribution >= 0.6 is 0 Å². The number of aliphatic hydroxyl groups is 2. The highest BCUT2D eigenvalue weighted by atomic mass is 16.5. The molecule has 0 spiro atoms. The van der Waals surface area contributed by atoms with Gasteiger partial charge in [0.2, 0.25) is 5.91 Å². The first kappa shape index (κ1) is 59.6. The van der Waals surface area contributed by atoms with Crippen molar-refractivity contribution < 1.29 is 24.5 Å². The van der Waals surface area contributed by atoms with Crippen LogP contribution in [-0.2, 0) is 14.3 Å². The Bertz CT molecular complexity index is 909. The molecule has 6 heteroatoms. The minimum atomic E-state index is -0.682. The SMILES string of the molecule is CCCCCCCC/C=C\CCCCCCCC(=O)OCCCCCCCCCCCC(=O)NC(CO)C(O)CCCCCCCCCCCCCCCCCCCCCC. The summed E-state index contributed by atoms with van der Waals surface area (Å²) in [5, 5.41) is 23.3. The Balaban J connectivity index is 3.48.